The van der Waals surface area contributed by atoms with Crippen LogP contribution in [0, 0.1) is 17.2 Å². The van der Waals surface area contributed by atoms with E-state index in [-0.39, 0.29) is 11.8 Å². The first-order chi connectivity index (χ1) is 11.1. The summed E-state index contributed by atoms with van der Waals surface area (Å²) in [4.78, 5) is 17.0. The van der Waals surface area contributed by atoms with E-state index in [2.05, 4.69) is 35.2 Å². The number of nitrogens with zero attached hydrogens (tertiary/aromatic N) is 3. The Hall–Kier alpha value is -1.86. The van der Waals surface area contributed by atoms with Crippen molar-refractivity contribution in [3.8, 4) is 6.07 Å². The lowest BCUT2D eigenvalue weighted by Crippen LogP contribution is -2.56. The molecule has 0 radical (unpaired) electrons. The number of piperidine rings is 1. The van der Waals surface area contributed by atoms with Crippen LogP contribution in [0.15, 0.2) is 30.3 Å². The first-order valence-corrected chi connectivity index (χ1v) is 8.60. The van der Waals surface area contributed by atoms with Gasteiger partial charge in [0.2, 0.25) is 5.91 Å². The van der Waals surface area contributed by atoms with E-state index in [0.717, 1.165) is 51.7 Å². The number of rotatable bonds is 4. The maximum atomic E-state index is 12.8. The predicted molar refractivity (Wildman–Crippen MR) is 89.4 cm³/mol. The Kier molecular flexibility index (Phi) is 4.68. The zero-order valence-corrected chi connectivity index (χ0v) is 13.9. The minimum Gasteiger partial charge on any atom is -0.327 e. The third-order valence-electron chi connectivity index (χ3n) is 5.47. The van der Waals surface area contributed by atoms with Gasteiger partial charge in [-0.2, -0.15) is 5.26 Å². The minimum atomic E-state index is -0.529. The van der Waals surface area contributed by atoms with Gasteiger partial charge in [0, 0.05) is 20.1 Å². The zero-order valence-electron chi connectivity index (χ0n) is 13.9. The van der Waals surface area contributed by atoms with E-state index in [9.17, 15) is 10.1 Å². The van der Waals surface area contributed by atoms with Gasteiger partial charge in [-0.15, -0.1) is 0 Å². The Morgan fingerprint density at radius 1 is 1.35 bits per heavy atom. The molecule has 23 heavy (non-hydrogen) atoms. The van der Waals surface area contributed by atoms with Gasteiger partial charge in [-0.3, -0.25) is 9.69 Å². The fourth-order valence-electron chi connectivity index (χ4n) is 3.76. The van der Waals surface area contributed by atoms with Crippen LogP contribution in [0.1, 0.15) is 37.7 Å². The average molecular weight is 311 g/mol. The number of amides is 1. The Balaban J connectivity index is 1.62. The molecule has 3 rings (SSSR count). The predicted octanol–water partition coefficient (Wildman–Crippen LogP) is 2.80. The summed E-state index contributed by atoms with van der Waals surface area (Å²) in [5.74, 6) is 0.187. The lowest BCUT2D eigenvalue weighted by atomic mass is 9.76. The van der Waals surface area contributed by atoms with Crippen molar-refractivity contribution in [1.29, 1.82) is 5.26 Å². The van der Waals surface area contributed by atoms with E-state index in [4.69, 9.17) is 0 Å². The highest BCUT2D eigenvalue weighted by Crippen LogP contribution is 2.37. The molecule has 1 aliphatic heterocycles. The maximum Gasteiger partial charge on any atom is 0.228 e. The molecule has 1 heterocycles. The molecule has 122 valence electrons. The van der Waals surface area contributed by atoms with Crippen LogP contribution in [-0.2, 0) is 11.3 Å². The van der Waals surface area contributed by atoms with Crippen LogP contribution in [-0.4, -0.2) is 41.4 Å². The third-order valence-corrected chi connectivity index (χ3v) is 5.47. The zero-order chi connectivity index (χ0) is 16.3. The van der Waals surface area contributed by atoms with Gasteiger partial charge in [0.05, 0.1) is 12.0 Å². The van der Waals surface area contributed by atoms with Gasteiger partial charge in [-0.1, -0.05) is 30.3 Å². The number of benzene rings is 1. The number of carbonyl (C=O) groups is 1. The minimum absolute atomic E-state index is 0.0308. The molecule has 2 aliphatic rings. The summed E-state index contributed by atoms with van der Waals surface area (Å²) in [6, 6.07) is 12.8. The van der Waals surface area contributed by atoms with Crippen molar-refractivity contribution in [1.82, 2.24) is 9.80 Å². The molecule has 1 unspecified atom stereocenters. The van der Waals surface area contributed by atoms with E-state index in [1.807, 2.05) is 13.1 Å². The van der Waals surface area contributed by atoms with Crippen LogP contribution in [0.3, 0.4) is 0 Å². The Morgan fingerprint density at radius 2 is 2.09 bits per heavy atom. The van der Waals surface area contributed by atoms with Crippen molar-refractivity contribution in [3.05, 3.63) is 35.9 Å². The van der Waals surface area contributed by atoms with E-state index in [1.54, 1.807) is 4.90 Å². The van der Waals surface area contributed by atoms with E-state index in [0.29, 0.717) is 0 Å². The molecule has 1 saturated carbocycles. The summed E-state index contributed by atoms with van der Waals surface area (Å²) < 4.78 is 0. The Labute approximate surface area is 138 Å². The molecule has 1 aromatic rings. The second kappa shape index (κ2) is 6.72. The van der Waals surface area contributed by atoms with Crippen molar-refractivity contribution < 1.29 is 4.79 Å². The monoisotopic (exact) mass is 311 g/mol. The van der Waals surface area contributed by atoms with E-state index in [1.165, 1.54) is 5.56 Å². The van der Waals surface area contributed by atoms with Crippen molar-refractivity contribution in [3.63, 3.8) is 0 Å². The highest BCUT2D eigenvalue weighted by atomic mass is 16.2. The average Bonchev–Trinajstić information content (AvgIpc) is 2.55. The van der Waals surface area contributed by atoms with E-state index >= 15 is 0 Å². The molecule has 4 nitrogen and oxygen atoms in total. The molecule has 0 aromatic heterocycles. The molecule has 1 aliphatic carbocycles. The van der Waals surface area contributed by atoms with Crippen LogP contribution in [0.25, 0.3) is 0 Å². The van der Waals surface area contributed by atoms with Gasteiger partial charge in [0.1, 0.15) is 5.54 Å². The molecule has 0 N–H and O–H groups in total. The Morgan fingerprint density at radius 3 is 2.70 bits per heavy atom. The van der Waals surface area contributed by atoms with Gasteiger partial charge in [0.25, 0.3) is 0 Å². The molecule has 1 amide bonds. The Bertz CT molecular complexity index is 588. The lowest BCUT2D eigenvalue weighted by molar-refractivity contribution is -0.142. The van der Waals surface area contributed by atoms with Crippen molar-refractivity contribution in [2.45, 2.75) is 44.2 Å². The van der Waals surface area contributed by atoms with Gasteiger partial charge in [-0.25, -0.2) is 0 Å². The molecule has 0 spiro atoms. The van der Waals surface area contributed by atoms with Gasteiger partial charge in [-0.05, 0) is 44.2 Å². The molecule has 1 aromatic carbocycles. The van der Waals surface area contributed by atoms with Gasteiger partial charge < -0.3 is 4.90 Å². The number of nitriles is 1. The summed E-state index contributed by atoms with van der Waals surface area (Å²) in [5.41, 5.74) is 0.764. The van der Waals surface area contributed by atoms with Crippen molar-refractivity contribution >= 4 is 5.91 Å². The first kappa shape index (κ1) is 16.0. The fourth-order valence-corrected chi connectivity index (χ4v) is 3.76. The number of hydrogen-bond acceptors (Lipinski definition) is 3. The second-order valence-corrected chi connectivity index (χ2v) is 6.95. The summed E-state index contributed by atoms with van der Waals surface area (Å²) >= 11 is 0. The first-order valence-electron chi connectivity index (χ1n) is 8.60. The smallest absolute Gasteiger partial charge is 0.228 e. The van der Waals surface area contributed by atoms with Crippen LogP contribution in [0.5, 0.6) is 0 Å². The fraction of sp³-hybridized carbons (Fsp3) is 0.579. The summed E-state index contributed by atoms with van der Waals surface area (Å²) in [6.07, 6.45) is 4.70. The molecular weight excluding hydrogens is 286 g/mol. The van der Waals surface area contributed by atoms with Crippen LogP contribution >= 0.6 is 0 Å². The normalized spacial score (nSPS) is 23.6. The third kappa shape index (κ3) is 3.25. The molecule has 1 atom stereocenters. The highest BCUT2D eigenvalue weighted by molar-refractivity contribution is 5.80. The quantitative estimate of drug-likeness (QED) is 0.859. The maximum absolute atomic E-state index is 12.8. The number of carbonyl (C=O) groups excluding carboxylic acids is 1. The summed E-state index contributed by atoms with van der Waals surface area (Å²) in [6.45, 7) is 2.75. The lowest BCUT2D eigenvalue weighted by Gasteiger charge is -2.45. The standard InChI is InChI=1S/C19H25N3O/c1-21(19(15-20)10-6-11-19)18(23)17-9-5-12-22(14-17)13-16-7-3-2-4-8-16/h2-4,7-8,17H,5-6,9-14H2,1H3. The van der Waals surface area contributed by atoms with Crippen LogP contribution in [0.4, 0.5) is 0 Å². The van der Waals surface area contributed by atoms with Gasteiger partial charge >= 0.3 is 0 Å². The molecule has 4 heteroatoms. The summed E-state index contributed by atoms with van der Waals surface area (Å²) in [5, 5.41) is 9.45. The second-order valence-electron chi connectivity index (χ2n) is 6.95. The van der Waals surface area contributed by atoms with Crippen molar-refractivity contribution in [2.75, 3.05) is 20.1 Å². The molecular formula is C19H25N3O. The molecule has 0 bridgehead atoms. The summed E-state index contributed by atoms with van der Waals surface area (Å²) in [7, 11) is 1.82. The van der Waals surface area contributed by atoms with E-state index < -0.39 is 5.54 Å². The molecule has 2 fully saturated rings. The highest BCUT2D eigenvalue weighted by Gasteiger charge is 2.45. The topological polar surface area (TPSA) is 47.3 Å². The number of likely N-dealkylation sites (tertiary alicyclic amines) is 1. The largest absolute Gasteiger partial charge is 0.327 e. The number of hydrogen-bond donors (Lipinski definition) is 0. The van der Waals surface area contributed by atoms with Crippen molar-refractivity contribution in [2.24, 2.45) is 5.92 Å². The van der Waals surface area contributed by atoms with Crippen LogP contribution in [0.2, 0.25) is 0 Å². The van der Waals surface area contributed by atoms with Crippen LogP contribution < -0.4 is 0 Å². The SMILES string of the molecule is CN(C(=O)C1CCCN(Cc2ccccc2)C1)C1(C#N)CCC1. The van der Waals surface area contributed by atoms with Gasteiger partial charge in [0.15, 0.2) is 0 Å². The molecule has 1 saturated heterocycles.